The standard InChI is InChI=1S/C14H18BrF/c1-10-3-2-4-13(10)14(15)9-11-5-7-12(16)8-6-11/h5-8,10,13-14H,2-4,9H2,1H3. The van der Waals surface area contributed by atoms with E-state index in [0.29, 0.717) is 4.83 Å². The molecule has 1 aliphatic rings. The number of alkyl halides is 1. The molecule has 1 aromatic rings. The van der Waals surface area contributed by atoms with E-state index in [1.165, 1.54) is 24.8 Å². The molecule has 1 aliphatic carbocycles. The average Bonchev–Trinajstić information content (AvgIpc) is 2.68. The van der Waals surface area contributed by atoms with Gasteiger partial charge in [0.1, 0.15) is 5.82 Å². The van der Waals surface area contributed by atoms with E-state index in [4.69, 9.17) is 0 Å². The first-order valence-corrected chi connectivity index (χ1v) is 6.97. The van der Waals surface area contributed by atoms with Crippen LogP contribution in [-0.4, -0.2) is 4.83 Å². The van der Waals surface area contributed by atoms with Gasteiger partial charge < -0.3 is 0 Å². The number of rotatable bonds is 3. The van der Waals surface area contributed by atoms with Gasteiger partial charge in [0.05, 0.1) is 0 Å². The zero-order valence-corrected chi connectivity index (χ0v) is 11.2. The molecule has 1 fully saturated rings. The van der Waals surface area contributed by atoms with Crippen molar-refractivity contribution in [2.24, 2.45) is 11.8 Å². The highest BCUT2D eigenvalue weighted by Crippen LogP contribution is 2.37. The van der Waals surface area contributed by atoms with Crippen LogP contribution in [0.4, 0.5) is 4.39 Å². The van der Waals surface area contributed by atoms with Crippen LogP contribution in [0.5, 0.6) is 0 Å². The number of benzene rings is 1. The smallest absolute Gasteiger partial charge is 0.123 e. The van der Waals surface area contributed by atoms with Crippen LogP contribution in [0.15, 0.2) is 24.3 Å². The number of hydrogen-bond donors (Lipinski definition) is 0. The second-order valence-electron chi connectivity index (χ2n) is 4.92. The zero-order valence-electron chi connectivity index (χ0n) is 9.63. The Balaban J connectivity index is 1.96. The van der Waals surface area contributed by atoms with E-state index in [1.807, 2.05) is 12.1 Å². The Labute approximate surface area is 105 Å². The predicted octanol–water partition coefficient (Wildman–Crippen LogP) is 4.57. The van der Waals surface area contributed by atoms with Gasteiger partial charge in [-0.05, 0) is 42.4 Å². The molecule has 88 valence electrons. The minimum absolute atomic E-state index is 0.149. The minimum atomic E-state index is -0.149. The molecule has 3 unspecified atom stereocenters. The van der Waals surface area contributed by atoms with Crippen LogP contribution in [0.2, 0.25) is 0 Å². The highest BCUT2D eigenvalue weighted by molar-refractivity contribution is 9.09. The van der Waals surface area contributed by atoms with Crippen LogP contribution >= 0.6 is 15.9 Å². The van der Waals surface area contributed by atoms with E-state index in [-0.39, 0.29) is 5.82 Å². The summed E-state index contributed by atoms with van der Waals surface area (Å²) in [6.07, 6.45) is 5.06. The second kappa shape index (κ2) is 5.31. The Morgan fingerprint density at radius 2 is 2.00 bits per heavy atom. The largest absolute Gasteiger partial charge is 0.207 e. The first-order chi connectivity index (χ1) is 7.66. The lowest BCUT2D eigenvalue weighted by Crippen LogP contribution is -2.19. The van der Waals surface area contributed by atoms with E-state index in [2.05, 4.69) is 22.9 Å². The molecule has 2 rings (SSSR count). The van der Waals surface area contributed by atoms with E-state index >= 15 is 0 Å². The molecule has 0 spiro atoms. The van der Waals surface area contributed by atoms with Crippen molar-refractivity contribution < 1.29 is 4.39 Å². The van der Waals surface area contributed by atoms with Crippen molar-refractivity contribution in [2.75, 3.05) is 0 Å². The minimum Gasteiger partial charge on any atom is -0.207 e. The highest BCUT2D eigenvalue weighted by Gasteiger charge is 2.29. The van der Waals surface area contributed by atoms with Crippen molar-refractivity contribution >= 4 is 15.9 Å². The van der Waals surface area contributed by atoms with Crippen LogP contribution in [-0.2, 0) is 6.42 Å². The molecule has 0 aromatic heterocycles. The average molecular weight is 285 g/mol. The summed E-state index contributed by atoms with van der Waals surface area (Å²) in [5, 5.41) is 0. The molecule has 0 aliphatic heterocycles. The fraction of sp³-hybridized carbons (Fsp3) is 0.571. The maximum Gasteiger partial charge on any atom is 0.123 e. The number of halogens is 2. The molecule has 0 bridgehead atoms. The summed E-state index contributed by atoms with van der Waals surface area (Å²) >= 11 is 3.81. The first-order valence-electron chi connectivity index (χ1n) is 6.05. The summed E-state index contributed by atoms with van der Waals surface area (Å²) in [5.41, 5.74) is 1.22. The summed E-state index contributed by atoms with van der Waals surface area (Å²) in [6.45, 7) is 2.34. The molecular weight excluding hydrogens is 267 g/mol. The SMILES string of the molecule is CC1CCCC1C(Br)Cc1ccc(F)cc1. The van der Waals surface area contributed by atoms with Crippen LogP contribution in [0.3, 0.4) is 0 Å². The van der Waals surface area contributed by atoms with Gasteiger partial charge in [0.15, 0.2) is 0 Å². The van der Waals surface area contributed by atoms with Crippen molar-refractivity contribution in [2.45, 2.75) is 37.4 Å². The quantitative estimate of drug-likeness (QED) is 0.714. The molecular formula is C14H18BrF. The lowest BCUT2D eigenvalue weighted by Gasteiger charge is -2.21. The van der Waals surface area contributed by atoms with Gasteiger partial charge in [0.2, 0.25) is 0 Å². The lowest BCUT2D eigenvalue weighted by molar-refractivity contribution is 0.407. The van der Waals surface area contributed by atoms with Gasteiger partial charge in [-0.1, -0.05) is 47.8 Å². The third kappa shape index (κ3) is 2.85. The Morgan fingerprint density at radius 1 is 1.31 bits per heavy atom. The maximum absolute atomic E-state index is 12.8. The van der Waals surface area contributed by atoms with Gasteiger partial charge in [-0.3, -0.25) is 0 Å². The summed E-state index contributed by atoms with van der Waals surface area (Å²) in [7, 11) is 0. The van der Waals surface area contributed by atoms with Crippen molar-refractivity contribution in [1.82, 2.24) is 0 Å². The lowest BCUT2D eigenvalue weighted by atomic mass is 9.91. The van der Waals surface area contributed by atoms with Crippen LogP contribution in [0.1, 0.15) is 31.7 Å². The van der Waals surface area contributed by atoms with Crippen molar-refractivity contribution in [1.29, 1.82) is 0 Å². The molecule has 0 saturated heterocycles. The molecule has 0 heterocycles. The fourth-order valence-electron chi connectivity index (χ4n) is 2.71. The third-order valence-corrected chi connectivity index (χ3v) is 4.74. The van der Waals surface area contributed by atoms with Gasteiger partial charge in [-0.2, -0.15) is 0 Å². The highest BCUT2D eigenvalue weighted by atomic mass is 79.9. The van der Waals surface area contributed by atoms with Crippen molar-refractivity contribution in [3.63, 3.8) is 0 Å². The first kappa shape index (κ1) is 12.1. The molecule has 3 atom stereocenters. The van der Waals surface area contributed by atoms with E-state index in [9.17, 15) is 4.39 Å². The summed E-state index contributed by atoms with van der Waals surface area (Å²) < 4.78 is 12.8. The normalized spacial score (nSPS) is 26.9. The third-order valence-electron chi connectivity index (χ3n) is 3.74. The molecule has 0 nitrogen and oxygen atoms in total. The summed E-state index contributed by atoms with van der Waals surface area (Å²) in [4.78, 5) is 0.537. The van der Waals surface area contributed by atoms with Crippen molar-refractivity contribution in [3.8, 4) is 0 Å². The summed E-state index contributed by atoms with van der Waals surface area (Å²) in [5.74, 6) is 1.46. The maximum atomic E-state index is 12.8. The fourth-order valence-corrected chi connectivity index (χ4v) is 3.87. The molecule has 0 N–H and O–H groups in total. The molecule has 0 radical (unpaired) electrons. The topological polar surface area (TPSA) is 0 Å². The molecule has 1 saturated carbocycles. The molecule has 0 amide bonds. The van der Waals surface area contributed by atoms with Gasteiger partial charge >= 0.3 is 0 Å². The van der Waals surface area contributed by atoms with Gasteiger partial charge in [-0.25, -0.2) is 4.39 Å². The molecule has 2 heteroatoms. The Morgan fingerprint density at radius 3 is 2.56 bits per heavy atom. The van der Waals surface area contributed by atoms with Gasteiger partial charge in [-0.15, -0.1) is 0 Å². The predicted molar refractivity (Wildman–Crippen MR) is 69.3 cm³/mol. The number of hydrogen-bond acceptors (Lipinski definition) is 0. The van der Waals surface area contributed by atoms with Crippen LogP contribution < -0.4 is 0 Å². The van der Waals surface area contributed by atoms with E-state index in [1.54, 1.807) is 12.1 Å². The molecule has 1 aromatic carbocycles. The van der Waals surface area contributed by atoms with Gasteiger partial charge in [0.25, 0.3) is 0 Å². The van der Waals surface area contributed by atoms with Crippen LogP contribution in [0, 0.1) is 17.7 Å². The van der Waals surface area contributed by atoms with Gasteiger partial charge in [0, 0.05) is 4.83 Å². The monoisotopic (exact) mass is 284 g/mol. The van der Waals surface area contributed by atoms with E-state index < -0.39 is 0 Å². The Bertz CT molecular complexity index is 333. The molecule has 16 heavy (non-hydrogen) atoms. The summed E-state index contributed by atoms with van der Waals surface area (Å²) in [6, 6.07) is 6.88. The second-order valence-corrected chi connectivity index (χ2v) is 6.09. The van der Waals surface area contributed by atoms with E-state index in [0.717, 1.165) is 18.3 Å². The van der Waals surface area contributed by atoms with Crippen molar-refractivity contribution in [3.05, 3.63) is 35.6 Å². The Kier molecular flexibility index (Phi) is 4.01. The Hall–Kier alpha value is -0.370. The van der Waals surface area contributed by atoms with Crippen LogP contribution in [0.25, 0.3) is 0 Å². The zero-order chi connectivity index (χ0) is 11.5.